The van der Waals surface area contributed by atoms with Crippen molar-refractivity contribution < 1.29 is 4.52 Å². The fraction of sp³-hybridized carbons (Fsp3) is 0.417. The normalized spacial score (nSPS) is 19.7. The van der Waals surface area contributed by atoms with E-state index in [1.165, 1.54) is 6.42 Å². The second kappa shape index (κ2) is 4.25. The number of hydrogen-bond donors (Lipinski definition) is 1. The Labute approximate surface area is 99.3 Å². The smallest absolute Gasteiger partial charge is 0.154 e. The van der Waals surface area contributed by atoms with E-state index in [1.807, 2.05) is 13.0 Å². The quantitative estimate of drug-likeness (QED) is 0.853. The molecule has 2 aromatic rings. The van der Waals surface area contributed by atoms with E-state index in [0.717, 1.165) is 35.8 Å². The Bertz CT molecular complexity index is 517. The Morgan fingerprint density at radius 1 is 1.35 bits per heavy atom. The third-order valence-corrected chi connectivity index (χ3v) is 3.06. The zero-order valence-corrected chi connectivity index (χ0v) is 9.68. The number of rotatable bonds is 2. The van der Waals surface area contributed by atoms with Crippen LogP contribution in [0, 0.1) is 6.92 Å². The largest absolute Gasteiger partial charge is 0.359 e. The SMILES string of the molecule is Cc1nccnc1-c1cc([C@@H]2CCCN2)on1. The summed E-state index contributed by atoms with van der Waals surface area (Å²) in [5.74, 6) is 0.891. The maximum Gasteiger partial charge on any atom is 0.154 e. The highest BCUT2D eigenvalue weighted by Gasteiger charge is 2.21. The molecule has 17 heavy (non-hydrogen) atoms. The van der Waals surface area contributed by atoms with E-state index in [4.69, 9.17) is 4.52 Å². The standard InChI is InChI=1S/C12H14N4O/c1-8-12(15-6-5-13-8)10-7-11(17-16-10)9-3-2-4-14-9/h5-7,9,14H,2-4H2,1H3/t9-/m0/s1. The lowest BCUT2D eigenvalue weighted by atomic mass is 10.1. The third kappa shape index (κ3) is 1.93. The molecule has 1 fully saturated rings. The number of aromatic nitrogens is 3. The van der Waals surface area contributed by atoms with Gasteiger partial charge in [0.2, 0.25) is 0 Å². The molecule has 5 nitrogen and oxygen atoms in total. The fourth-order valence-corrected chi connectivity index (χ4v) is 2.15. The highest BCUT2D eigenvalue weighted by molar-refractivity contribution is 5.56. The van der Waals surface area contributed by atoms with E-state index < -0.39 is 0 Å². The molecule has 5 heteroatoms. The molecular formula is C12H14N4O. The molecule has 3 rings (SSSR count). The van der Waals surface area contributed by atoms with Crippen LogP contribution in [0.5, 0.6) is 0 Å². The monoisotopic (exact) mass is 230 g/mol. The molecule has 0 radical (unpaired) electrons. The lowest BCUT2D eigenvalue weighted by Gasteiger charge is -2.02. The molecule has 88 valence electrons. The predicted octanol–water partition coefficient (Wildman–Crippen LogP) is 1.86. The Hall–Kier alpha value is -1.75. The van der Waals surface area contributed by atoms with Gasteiger partial charge in [0.1, 0.15) is 11.4 Å². The number of hydrogen-bond acceptors (Lipinski definition) is 5. The van der Waals surface area contributed by atoms with Gasteiger partial charge in [-0.2, -0.15) is 0 Å². The van der Waals surface area contributed by atoms with Gasteiger partial charge in [-0.05, 0) is 26.3 Å². The van der Waals surface area contributed by atoms with Crippen LogP contribution in [0.15, 0.2) is 23.0 Å². The van der Waals surface area contributed by atoms with Crippen LogP contribution in [-0.4, -0.2) is 21.7 Å². The molecule has 1 atom stereocenters. The van der Waals surface area contributed by atoms with E-state index in [9.17, 15) is 0 Å². The second-order valence-corrected chi connectivity index (χ2v) is 4.25. The van der Waals surface area contributed by atoms with Gasteiger partial charge in [-0.25, -0.2) is 0 Å². The lowest BCUT2D eigenvalue weighted by Crippen LogP contribution is -2.11. The maximum atomic E-state index is 5.38. The maximum absolute atomic E-state index is 5.38. The van der Waals surface area contributed by atoms with Crippen LogP contribution >= 0.6 is 0 Å². The first-order valence-electron chi connectivity index (χ1n) is 5.82. The van der Waals surface area contributed by atoms with Gasteiger partial charge in [-0.15, -0.1) is 0 Å². The molecule has 1 aliphatic heterocycles. The third-order valence-electron chi connectivity index (χ3n) is 3.06. The van der Waals surface area contributed by atoms with Gasteiger partial charge in [0.15, 0.2) is 5.76 Å². The fourth-order valence-electron chi connectivity index (χ4n) is 2.15. The number of nitrogens with one attached hydrogen (secondary N) is 1. The van der Waals surface area contributed by atoms with Gasteiger partial charge in [0.25, 0.3) is 0 Å². The minimum Gasteiger partial charge on any atom is -0.359 e. The molecule has 0 aliphatic carbocycles. The Morgan fingerprint density at radius 2 is 2.24 bits per heavy atom. The Balaban J connectivity index is 1.92. The van der Waals surface area contributed by atoms with Crippen molar-refractivity contribution in [3.8, 4) is 11.4 Å². The van der Waals surface area contributed by atoms with Crippen LogP contribution in [-0.2, 0) is 0 Å². The summed E-state index contributed by atoms with van der Waals surface area (Å²) in [5.41, 5.74) is 2.42. The van der Waals surface area contributed by atoms with Crippen LogP contribution in [0.4, 0.5) is 0 Å². The van der Waals surface area contributed by atoms with Crippen LogP contribution in [0.2, 0.25) is 0 Å². The average Bonchev–Trinajstić information content (AvgIpc) is 3.00. The van der Waals surface area contributed by atoms with Crippen LogP contribution in [0.1, 0.15) is 30.3 Å². The van der Waals surface area contributed by atoms with E-state index in [-0.39, 0.29) is 0 Å². The summed E-state index contributed by atoms with van der Waals surface area (Å²) in [6.07, 6.45) is 5.64. The molecular weight excluding hydrogens is 216 g/mol. The minimum absolute atomic E-state index is 0.299. The van der Waals surface area contributed by atoms with Crippen molar-refractivity contribution in [2.24, 2.45) is 0 Å². The molecule has 1 N–H and O–H groups in total. The van der Waals surface area contributed by atoms with E-state index >= 15 is 0 Å². The predicted molar refractivity (Wildman–Crippen MR) is 62.2 cm³/mol. The zero-order valence-electron chi connectivity index (χ0n) is 9.68. The van der Waals surface area contributed by atoms with Crippen molar-refractivity contribution in [1.82, 2.24) is 20.4 Å². The highest BCUT2D eigenvalue weighted by atomic mass is 16.5. The van der Waals surface area contributed by atoms with Crippen molar-refractivity contribution in [3.63, 3.8) is 0 Å². The summed E-state index contributed by atoms with van der Waals surface area (Å²) in [4.78, 5) is 8.49. The summed E-state index contributed by atoms with van der Waals surface area (Å²) < 4.78 is 5.38. The van der Waals surface area contributed by atoms with Crippen molar-refractivity contribution in [2.45, 2.75) is 25.8 Å². The van der Waals surface area contributed by atoms with Gasteiger partial charge in [0.05, 0.1) is 11.7 Å². The molecule has 0 bridgehead atoms. The van der Waals surface area contributed by atoms with Crippen molar-refractivity contribution in [1.29, 1.82) is 0 Å². The zero-order chi connectivity index (χ0) is 11.7. The topological polar surface area (TPSA) is 63.8 Å². The summed E-state index contributed by atoms with van der Waals surface area (Å²) in [7, 11) is 0. The lowest BCUT2D eigenvalue weighted by molar-refractivity contribution is 0.353. The number of aryl methyl sites for hydroxylation is 1. The first-order chi connectivity index (χ1) is 8.34. The Morgan fingerprint density at radius 3 is 3.00 bits per heavy atom. The van der Waals surface area contributed by atoms with Gasteiger partial charge in [-0.1, -0.05) is 5.16 Å². The van der Waals surface area contributed by atoms with Crippen LogP contribution < -0.4 is 5.32 Å². The molecule has 0 unspecified atom stereocenters. The summed E-state index contributed by atoms with van der Waals surface area (Å²) >= 11 is 0. The van der Waals surface area contributed by atoms with Gasteiger partial charge in [-0.3, -0.25) is 9.97 Å². The van der Waals surface area contributed by atoms with E-state index in [2.05, 4.69) is 20.4 Å². The first-order valence-corrected chi connectivity index (χ1v) is 5.82. The summed E-state index contributed by atoms with van der Waals surface area (Å²) in [5, 5.41) is 7.46. The van der Waals surface area contributed by atoms with E-state index in [0.29, 0.717) is 6.04 Å². The molecule has 1 aliphatic rings. The average molecular weight is 230 g/mol. The van der Waals surface area contributed by atoms with Crippen molar-refractivity contribution >= 4 is 0 Å². The minimum atomic E-state index is 0.299. The summed E-state index contributed by atoms with van der Waals surface area (Å²) in [6, 6.07) is 2.26. The molecule has 0 aromatic carbocycles. The second-order valence-electron chi connectivity index (χ2n) is 4.25. The molecule has 3 heterocycles. The number of nitrogens with zero attached hydrogens (tertiary/aromatic N) is 3. The van der Waals surface area contributed by atoms with Gasteiger partial charge >= 0.3 is 0 Å². The molecule has 1 saturated heterocycles. The van der Waals surface area contributed by atoms with Crippen molar-refractivity contribution in [3.05, 3.63) is 29.9 Å². The van der Waals surface area contributed by atoms with Crippen LogP contribution in [0.3, 0.4) is 0 Å². The van der Waals surface area contributed by atoms with Crippen LogP contribution in [0.25, 0.3) is 11.4 Å². The van der Waals surface area contributed by atoms with Gasteiger partial charge in [0, 0.05) is 18.5 Å². The van der Waals surface area contributed by atoms with Crippen molar-refractivity contribution in [2.75, 3.05) is 6.54 Å². The molecule has 0 saturated carbocycles. The Kier molecular flexibility index (Phi) is 2.60. The van der Waals surface area contributed by atoms with Gasteiger partial charge < -0.3 is 9.84 Å². The molecule has 2 aromatic heterocycles. The summed E-state index contributed by atoms with van der Waals surface area (Å²) in [6.45, 7) is 2.97. The highest BCUT2D eigenvalue weighted by Crippen LogP contribution is 2.27. The molecule has 0 amide bonds. The first kappa shape index (κ1) is 10.4. The molecule has 0 spiro atoms. The van der Waals surface area contributed by atoms with E-state index in [1.54, 1.807) is 12.4 Å².